The van der Waals surface area contributed by atoms with E-state index in [9.17, 15) is 4.79 Å². The van der Waals surface area contributed by atoms with Gasteiger partial charge in [0.25, 0.3) is 0 Å². The summed E-state index contributed by atoms with van der Waals surface area (Å²) in [6.45, 7) is 13.5. The van der Waals surface area contributed by atoms with E-state index in [-0.39, 0.29) is 12.1 Å². The summed E-state index contributed by atoms with van der Waals surface area (Å²) in [5.41, 5.74) is -0.425. The second kappa shape index (κ2) is 7.42. The smallest absolute Gasteiger partial charge is 0.410 e. The molecule has 1 saturated carbocycles. The summed E-state index contributed by atoms with van der Waals surface area (Å²) < 4.78 is 5.58. The third kappa shape index (κ3) is 5.10. The number of piperidine rings is 1. The third-order valence-corrected chi connectivity index (χ3v) is 5.48. The lowest BCUT2D eigenvalue weighted by molar-refractivity contribution is 0.00519. The average molecular weight is 325 g/mol. The Balaban J connectivity index is 1.94. The van der Waals surface area contributed by atoms with Crippen molar-refractivity contribution in [3.63, 3.8) is 0 Å². The molecule has 0 aromatic rings. The zero-order valence-electron chi connectivity index (χ0n) is 15.9. The molecule has 0 radical (unpaired) electrons. The number of amides is 1. The van der Waals surface area contributed by atoms with Gasteiger partial charge in [0, 0.05) is 24.7 Å². The Labute approximate surface area is 142 Å². The standard InChI is InChI=1S/C19H36N2O2/c1-13-9-10-16(14(2)12-13)20-17-8-7-11-21(15(17)3)18(22)23-19(4,5)6/h13-17,20H,7-12H2,1-6H3. The molecule has 0 aromatic carbocycles. The zero-order valence-corrected chi connectivity index (χ0v) is 15.9. The summed E-state index contributed by atoms with van der Waals surface area (Å²) >= 11 is 0. The van der Waals surface area contributed by atoms with Crippen molar-refractivity contribution in [3.8, 4) is 0 Å². The first-order valence-electron chi connectivity index (χ1n) is 9.43. The van der Waals surface area contributed by atoms with Crippen molar-refractivity contribution in [1.82, 2.24) is 10.2 Å². The van der Waals surface area contributed by atoms with E-state index in [2.05, 4.69) is 26.1 Å². The molecule has 0 aromatic heterocycles. The lowest BCUT2D eigenvalue weighted by Crippen LogP contribution is -2.58. The number of nitrogens with zero attached hydrogens (tertiary/aromatic N) is 1. The molecule has 1 aliphatic carbocycles. The highest BCUT2D eigenvalue weighted by molar-refractivity contribution is 5.68. The topological polar surface area (TPSA) is 41.6 Å². The first-order chi connectivity index (χ1) is 10.7. The van der Waals surface area contributed by atoms with Gasteiger partial charge >= 0.3 is 6.09 Å². The molecular weight excluding hydrogens is 288 g/mol. The molecule has 1 heterocycles. The fraction of sp³-hybridized carbons (Fsp3) is 0.947. The number of hydrogen-bond donors (Lipinski definition) is 1. The monoisotopic (exact) mass is 324 g/mol. The summed E-state index contributed by atoms with van der Waals surface area (Å²) in [6, 6.07) is 1.18. The van der Waals surface area contributed by atoms with E-state index in [4.69, 9.17) is 4.74 Å². The molecule has 2 rings (SSSR count). The third-order valence-electron chi connectivity index (χ3n) is 5.48. The Hall–Kier alpha value is -0.770. The Bertz CT molecular complexity index is 405. The summed E-state index contributed by atoms with van der Waals surface area (Å²) in [7, 11) is 0. The van der Waals surface area contributed by atoms with Gasteiger partial charge in [-0.25, -0.2) is 4.79 Å². The molecule has 5 unspecified atom stereocenters. The van der Waals surface area contributed by atoms with Crippen LogP contribution >= 0.6 is 0 Å². The van der Waals surface area contributed by atoms with Crippen LogP contribution in [0.1, 0.15) is 73.6 Å². The van der Waals surface area contributed by atoms with Gasteiger partial charge < -0.3 is 15.0 Å². The first-order valence-corrected chi connectivity index (χ1v) is 9.43. The van der Waals surface area contributed by atoms with E-state index in [0.29, 0.717) is 12.1 Å². The Morgan fingerprint density at radius 1 is 1.09 bits per heavy atom. The highest BCUT2D eigenvalue weighted by atomic mass is 16.6. The molecule has 0 spiro atoms. The fourth-order valence-corrected chi connectivity index (χ4v) is 4.13. The van der Waals surface area contributed by atoms with E-state index >= 15 is 0 Å². The van der Waals surface area contributed by atoms with Crippen molar-refractivity contribution in [2.24, 2.45) is 11.8 Å². The minimum absolute atomic E-state index is 0.165. The largest absolute Gasteiger partial charge is 0.444 e. The first kappa shape index (κ1) is 18.6. The van der Waals surface area contributed by atoms with Crippen molar-refractivity contribution in [2.45, 2.75) is 97.4 Å². The fourth-order valence-electron chi connectivity index (χ4n) is 4.13. The maximum Gasteiger partial charge on any atom is 0.410 e. The van der Waals surface area contributed by atoms with E-state index in [0.717, 1.165) is 31.2 Å². The number of rotatable bonds is 2. The SMILES string of the molecule is CC1CCC(NC2CCCN(C(=O)OC(C)(C)C)C2C)C(C)C1. The molecule has 1 saturated heterocycles. The summed E-state index contributed by atoms with van der Waals surface area (Å²) in [5.74, 6) is 1.58. The van der Waals surface area contributed by atoms with Crippen LogP contribution in [-0.2, 0) is 4.74 Å². The molecule has 2 fully saturated rings. The highest BCUT2D eigenvalue weighted by Crippen LogP contribution is 2.30. The Morgan fingerprint density at radius 3 is 2.39 bits per heavy atom. The van der Waals surface area contributed by atoms with Crippen LogP contribution in [0, 0.1) is 11.8 Å². The molecule has 0 bridgehead atoms. The Kier molecular flexibility index (Phi) is 5.99. The van der Waals surface area contributed by atoms with Gasteiger partial charge in [-0.1, -0.05) is 13.8 Å². The van der Waals surface area contributed by atoms with Gasteiger partial charge in [0.15, 0.2) is 0 Å². The average Bonchev–Trinajstić information content (AvgIpc) is 2.42. The molecule has 1 N–H and O–H groups in total. The number of carbonyl (C=O) groups excluding carboxylic acids is 1. The minimum atomic E-state index is -0.425. The van der Waals surface area contributed by atoms with Gasteiger partial charge in [0.1, 0.15) is 5.60 Å². The molecular formula is C19H36N2O2. The second-order valence-electron chi connectivity index (χ2n) is 8.83. The Morgan fingerprint density at radius 2 is 1.78 bits per heavy atom. The van der Waals surface area contributed by atoms with E-state index in [1.165, 1.54) is 19.3 Å². The van der Waals surface area contributed by atoms with Gasteiger partial charge in [-0.2, -0.15) is 0 Å². The lowest BCUT2D eigenvalue weighted by Gasteiger charge is -2.43. The van der Waals surface area contributed by atoms with Gasteiger partial charge in [-0.3, -0.25) is 0 Å². The van der Waals surface area contributed by atoms with Crippen molar-refractivity contribution >= 4 is 6.09 Å². The van der Waals surface area contributed by atoms with Crippen molar-refractivity contribution in [1.29, 1.82) is 0 Å². The van der Waals surface area contributed by atoms with Crippen LogP contribution in [0.15, 0.2) is 0 Å². The van der Waals surface area contributed by atoms with Gasteiger partial charge in [-0.15, -0.1) is 0 Å². The quantitative estimate of drug-likeness (QED) is 0.828. The molecule has 4 nitrogen and oxygen atoms in total. The maximum atomic E-state index is 12.4. The zero-order chi connectivity index (χ0) is 17.2. The molecule has 134 valence electrons. The predicted octanol–water partition coefficient (Wildman–Crippen LogP) is 4.19. The predicted molar refractivity (Wildman–Crippen MR) is 94.5 cm³/mol. The summed E-state index contributed by atoms with van der Waals surface area (Å²) in [5, 5.41) is 3.88. The van der Waals surface area contributed by atoms with Crippen LogP contribution in [0.3, 0.4) is 0 Å². The summed E-state index contributed by atoms with van der Waals surface area (Å²) in [4.78, 5) is 14.4. The molecule has 2 aliphatic rings. The number of hydrogen-bond acceptors (Lipinski definition) is 3. The molecule has 5 atom stereocenters. The van der Waals surface area contributed by atoms with Crippen LogP contribution in [0.25, 0.3) is 0 Å². The number of likely N-dealkylation sites (tertiary alicyclic amines) is 1. The molecule has 4 heteroatoms. The van der Waals surface area contributed by atoms with Crippen LogP contribution in [0.2, 0.25) is 0 Å². The summed E-state index contributed by atoms with van der Waals surface area (Å²) in [6.07, 6.45) is 5.94. The van der Waals surface area contributed by atoms with Crippen LogP contribution in [0.4, 0.5) is 4.79 Å². The maximum absolute atomic E-state index is 12.4. The van der Waals surface area contributed by atoms with Crippen molar-refractivity contribution in [2.75, 3.05) is 6.54 Å². The highest BCUT2D eigenvalue weighted by Gasteiger charge is 2.36. The van der Waals surface area contributed by atoms with Crippen LogP contribution < -0.4 is 5.32 Å². The van der Waals surface area contributed by atoms with Gasteiger partial charge in [0.2, 0.25) is 0 Å². The van der Waals surface area contributed by atoms with Crippen molar-refractivity contribution in [3.05, 3.63) is 0 Å². The number of nitrogens with one attached hydrogen (secondary N) is 1. The second-order valence-corrected chi connectivity index (χ2v) is 8.83. The minimum Gasteiger partial charge on any atom is -0.444 e. The molecule has 1 aliphatic heterocycles. The van der Waals surface area contributed by atoms with E-state index < -0.39 is 5.60 Å². The van der Waals surface area contributed by atoms with Gasteiger partial charge in [-0.05, 0) is 71.6 Å². The number of carbonyl (C=O) groups is 1. The van der Waals surface area contributed by atoms with Crippen LogP contribution in [0.5, 0.6) is 0 Å². The van der Waals surface area contributed by atoms with Gasteiger partial charge in [0.05, 0.1) is 0 Å². The normalized spacial score (nSPS) is 35.9. The lowest BCUT2D eigenvalue weighted by atomic mass is 9.79. The molecule has 1 amide bonds. The van der Waals surface area contributed by atoms with E-state index in [1.807, 2.05) is 25.7 Å². The molecule has 23 heavy (non-hydrogen) atoms. The number of ether oxygens (including phenoxy) is 1. The van der Waals surface area contributed by atoms with Crippen LogP contribution in [-0.4, -0.2) is 41.3 Å². The van der Waals surface area contributed by atoms with Crippen molar-refractivity contribution < 1.29 is 9.53 Å². The van der Waals surface area contributed by atoms with E-state index in [1.54, 1.807) is 0 Å².